The molecule has 0 aliphatic heterocycles. The van der Waals surface area contributed by atoms with Crippen LogP contribution in [0.15, 0.2) is 35.5 Å². The van der Waals surface area contributed by atoms with Gasteiger partial charge in [0.05, 0.1) is 5.97 Å². The zero-order chi connectivity index (χ0) is 13.9. The van der Waals surface area contributed by atoms with Gasteiger partial charge in [0.25, 0.3) is 0 Å². The second-order valence-corrected chi connectivity index (χ2v) is 5.56. The molecule has 0 amide bonds. The summed E-state index contributed by atoms with van der Waals surface area (Å²) >= 11 is 0. The van der Waals surface area contributed by atoms with E-state index in [1.165, 1.54) is 0 Å². The highest BCUT2D eigenvalue weighted by Crippen LogP contribution is 2.40. The van der Waals surface area contributed by atoms with E-state index in [0.29, 0.717) is 12.0 Å². The molecule has 0 aromatic carbocycles. The van der Waals surface area contributed by atoms with E-state index >= 15 is 0 Å². The fourth-order valence-corrected chi connectivity index (χ4v) is 2.46. The average Bonchev–Trinajstić information content (AvgIpc) is 2.12. The number of ketones is 1. The van der Waals surface area contributed by atoms with Gasteiger partial charge in [0, 0.05) is 12.3 Å². The molecule has 0 bridgehead atoms. The fourth-order valence-electron chi connectivity index (χ4n) is 2.46. The minimum Gasteiger partial charge on any atom is -0.545 e. The summed E-state index contributed by atoms with van der Waals surface area (Å²) in [5, 5.41) is 10.4. The van der Waals surface area contributed by atoms with Gasteiger partial charge in [0.1, 0.15) is 0 Å². The molecule has 98 valence electrons. The molecule has 0 heterocycles. The lowest BCUT2D eigenvalue weighted by Gasteiger charge is -2.35. The Bertz CT molecular complexity index is 450. The lowest BCUT2D eigenvalue weighted by atomic mass is 9.68. The lowest BCUT2D eigenvalue weighted by molar-refractivity contribution is -0.297. The van der Waals surface area contributed by atoms with Crippen LogP contribution in [0.2, 0.25) is 0 Å². The Morgan fingerprint density at radius 1 is 1.50 bits per heavy atom. The molecule has 0 spiro atoms. The molecule has 3 heteroatoms. The number of carbonyl (C=O) groups is 2. The summed E-state index contributed by atoms with van der Waals surface area (Å²) in [5.41, 5.74) is 1.53. The Morgan fingerprint density at radius 3 is 2.61 bits per heavy atom. The molecule has 0 aromatic rings. The molecule has 1 aliphatic rings. The first-order valence-electron chi connectivity index (χ1n) is 6.01. The van der Waals surface area contributed by atoms with Crippen molar-refractivity contribution >= 4 is 11.8 Å². The molecule has 3 nitrogen and oxygen atoms in total. The molecule has 1 aliphatic carbocycles. The van der Waals surface area contributed by atoms with Gasteiger partial charge in [0.2, 0.25) is 0 Å². The van der Waals surface area contributed by atoms with Crippen molar-refractivity contribution in [1.29, 1.82) is 0 Å². The van der Waals surface area contributed by atoms with Crippen LogP contribution in [0, 0.1) is 11.3 Å². The Balaban J connectivity index is 2.95. The van der Waals surface area contributed by atoms with Crippen LogP contribution in [0.5, 0.6) is 0 Å². The molecule has 1 rings (SSSR count). The van der Waals surface area contributed by atoms with Crippen LogP contribution in [0.3, 0.4) is 0 Å². The van der Waals surface area contributed by atoms with E-state index in [1.54, 1.807) is 19.1 Å². The van der Waals surface area contributed by atoms with Crippen molar-refractivity contribution < 1.29 is 14.7 Å². The Hall–Kier alpha value is -1.64. The zero-order valence-electron chi connectivity index (χ0n) is 11.3. The van der Waals surface area contributed by atoms with Crippen LogP contribution in [-0.4, -0.2) is 11.8 Å². The molecule has 0 radical (unpaired) electrons. The van der Waals surface area contributed by atoms with E-state index in [9.17, 15) is 14.7 Å². The first kappa shape index (κ1) is 14.4. The van der Waals surface area contributed by atoms with Crippen LogP contribution < -0.4 is 5.11 Å². The largest absolute Gasteiger partial charge is 0.545 e. The summed E-state index contributed by atoms with van der Waals surface area (Å²) in [6, 6.07) is 0. The first-order chi connectivity index (χ1) is 8.22. The lowest BCUT2D eigenvalue weighted by Crippen LogP contribution is -2.30. The van der Waals surface area contributed by atoms with Crippen molar-refractivity contribution in [2.45, 2.75) is 34.1 Å². The number of carboxylic acids is 1. The topological polar surface area (TPSA) is 57.2 Å². The fraction of sp³-hybridized carbons (Fsp3) is 0.467. The van der Waals surface area contributed by atoms with E-state index in [-0.39, 0.29) is 17.1 Å². The quantitative estimate of drug-likeness (QED) is 0.564. The second-order valence-electron chi connectivity index (χ2n) is 5.56. The van der Waals surface area contributed by atoms with Gasteiger partial charge in [-0.1, -0.05) is 31.6 Å². The van der Waals surface area contributed by atoms with Gasteiger partial charge in [-0.15, -0.1) is 0 Å². The number of allylic oxidation sites excluding steroid dienone is 5. The molecule has 0 N–H and O–H groups in total. The van der Waals surface area contributed by atoms with Gasteiger partial charge in [-0.25, -0.2) is 0 Å². The number of hydrogen-bond acceptors (Lipinski definition) is 3. The minimum absolute atomic E-state index is 0.131. The monoisotopic (exact) mass is 247 g/mol. The maximum Gasteiger partial charge on any atom is 0.156 e. The standard InChI is InChI=1S/C15H20O3/c1-10(7-14(17)18)5-6-13-11(2)8-12(16)9-15(13,3)4/h5-8,13H,9H2,1-4H3,(H,17,18)/p-1/b6-5+,10-7-/t13-/m0/s1. The van der Waals surface area contributed by atoms with Crippen molar-refractivity contribution in [3.63, 3.8) is 0 Å². The Kier molecular flexibility index (Phi) is 4.28. The van der Waals surface area contributed by atoms with E-state index < -0.39 is 5.97 Å². The second kappa shape index (κ2) is 5.34. The summed E-state index contributed by atoms with van der Waals surface area (Å²) < 4.78 is 0. The molecule has 0 saturated heterocycles. The van der Waals surface area contributed by atoms with Crippen molar-refractivity contribution in [1.82, 2.24) is 0 Å². The van der Waals surface area contributed by atoms with Crippen molar-refractivity contribution in [2.75, 3.05) is 0 Å². The molecule has 0 fully saturated rings. The highest BCUT2D eigenvalue weighted by Gasteiger charge is 2.34. The summed E-state index contributed by atoms with van der Waals surface area (Å²) in [4.78, 5) is 21.9. The molecule has 0 saturated carbocycles. The molecule has 0 aromatic heterocycles. The third-order valence-corrected chi connectivity index (χ3v) is 3.25. The van der Waals surface area contributed by atoms with Gasteiger partial charge >= 0.3 is 0 Å². The molecule has 1 atom stereocenters. The van der Waals surface area contributed by atoms with Crippen molar-refractivity contribution in [3.8, 4) is 0 Å². The number of carboxylic acid groups (broad SMARTS) is 1. The van der Waals surface area contributed by atoms with Gasteiger partial charge in [0.15, 0.2) is 5.78 Å². The molecule has 18 heavy (non-hydrogen) atoms. The van der Waals surface area contributed by atoms with E-state index in [4.69, 9.17) is 0 Å². The van der Waals surface area contributed by atoms with Crippen LogP contribution in [0.1, 0.15) is 34.1 Å². The average molecular weight is 247 g/mol. The molecular weight excluding hydrogens is 228 g/mol. The first-order valence-corrected chi connectivity index (χ1v) is 6.01. The van der Waals surface area contributed by atoms with Gasteiger partial charge in [-0.2, -0.15) is 0 Å². The highest BCUT2D eigenvalue weighted by atomic mass is 16.4. The van der Waals surface area contributed by atoms with E-state index in [2.05, 4.69) is 0 Å². The smallest absolute Gasteiger partial charge is 0.156 e. The summed E-state index contributed by atoms with van der Waals surface area (Å²) in [7, 11) is 0. The normalized spacial score (nSPS) is 24.2. The highest BCUT2D eigenvalue weighted by molar-refractivity contribution is 5.92. The van der Waals surface area contributed by atoms with E-state index in [1.807, 2.05) is 26.8 Å². The number of hydrogen-bond donors (Lipinski definition) is 0. The predicted molar refractivity (Wildman–Crippen MR) is 68.6 cm³/mol. The third-order valence-electron chi connectivity index (χ3n) is 3.25. The number of aliphatic carboxylic acids is 1. The summed E-state index contributed by atoms with van der Waals surface area (Å²) in [6.07, 6.45) is 7.00. The van der Waals surface area contributed by atoms with Crippen molar-refractivity contribution in [2.24, 2.45) is 11.3 Å². The number of carbonyl (C=O) groups excluding carboxylic acids is 2. The third kappa shape index (κ3) is 3.69. The van der Waals surface area contributed by atoms with Crippen LogP contribution in [-0.2, 0) is 9.59 Å². The predicted octanol–water partition coefficient (Wildman–Crippen LogP) is 1.80. The maximum atomic E-state index is 11.5. The molecule has 0 unspecified atom stereocenters. The number of rotatable bonds is 3. The van der Waals surface area contributed by atoms with Gasteiger partial charge < -0.3 is 9.90 Å². The Morgan fingerprint density at radius 2 is 2.11 bits per heavy atom. The Labute approximate surface area is 108 Å². The maximum absolute atomic E-state index is 11.5. The van der Waals surface area contributed by atoms with Crippen LogP contribution in [0.25, 0.3) is 0 Å². The van der Waals surface area contributed by atoms with Gasteiger partial charge in [-0.3, -0.25) is 4.79 Å². The summed E-state index contributed by atoms with van der Waals surface area (Å²) in [6.45, 7) is 7.75. The van der Waals surface area contributed by atoms with Gasteiger partial charge in [-0.05, 0) is 37.0 Å². The molecular formula is C15H19O3-. The SMILES string of the molecule is CC1=CC(=O)CC(C)(C)[C@H]1/C=C/C(C)=C\C(=O)[O-]. The summed E-state index contributed by atoms with van der Waals surface area (Å²) in [5.74, 6) is -0.882. The zero-order valence-corrected chi connectivity index (χ0v) is 11.3. The van der Waals surface area contributed by atoms with Crippen LogP contribution in [0.4, 0.5) is 0 Å². The van der Waals surface area contributed by atoms with E-state index in [0.717, 1.165) is 11.6 Å². The minimum atomic E-state index is -1.19. The van der Waals surface area contributed by atoms with Crippen molar-refractivity contribution in [3.05, 3.63) is 35.5 Å². The van der Waals surface area contributed by atoms with Crippen LogP contribution >= 0.6 is 0 Å².